The summed E-state index contributed by atoms with van der Waals surface area (Å²) in [6, 6.07) is 3.54. The SMILES string of the molecule is CCNC1CC2CCCC(C1)N2C1CCCCCC1. The second-order valence-electron chi connectivity index (χ2n) is 7.06. The second kappa shape index (κ2) is 6.58. The molecule has 110 valence electrons. The quantitative estimate of drug-likeness (QED) is 0.782. The minimum atomic E-state index is 0.808. The predicted octanol–water partition coefficient (Wildman–Crippen LogP) is 3.70. The zero-order valence-corrected chi connectivity index (χ0v) is 12.7. The summed E-state index contributed by atoms with van der Waals surface area (Å²) in [5.74, 6) is 0. The molecule has 1 aliphatic carbocycles. The van der Waals surface area contributed by atoms with Gasteiger partial charge in [0.25, 0.3) is 0 Å². The third-order valence-corrected chi connectivity index (χ3v) is 5.77. The Hall–Kier alpha value is -0.0800. The lowest BCUT2D eigenvalue weighted by atomic mass is 9.79. The lowest BCUT2D eigenvalue weighted by Crippen LogP contribution is -2.59. The van der Waals surface area contributed by atoms with Gasteiger partial charge in [0.15, 0.2) is 0 Å². The molecule has 2 nitrogen and oxygen atoms in total. The molecule has 0 amide bonds. The maximum Gasteiger partial charge on any atom is 0.0116 e. The molecule has 0 spiro atoms. The van der Waals surface area contributed by atoms with Crippen LogP contribution in [0.3, 0.4) is 0 Å². The smallest absolute Gasteiger partial charge is 0.0116 e. The Labute approximate surface area is 119 Å². The van der Waals surface area contributed by atoms with Gasteiger partial charge in [-0.3, -0.25) is 4.90 Å². The van der Waals surface area contributed by atoms with Crippen LogP contribution in [0.4, 0.5) is 0 Å². The van der Waals surface area contributed by atoms with E-state index in [1.807, 2.05) is 0 Å². The molecule has 2 bridgehead atoms. The van der Waals surface area contributed by atoms with E-state index >= 15 is 0 Å². The molecular formula is C17H32N2. The summed E-state index contributed by atoms with van der Waals surface area (Å²) < 4.78 is 0. The molecular weight excluding hydrogens is 232 g/mol. The highest BCUT2D eigenvalue weighted by molar-refractivity contribution is 4.97. The van der Waals surface area contributed by atoms with Gasteiger partial charge in [-0.2, -0.15) is 0 Å². The lowest BCUT2D eigenvalue weighted by Gasteiger charge is -2.52. The minimum Gasteiger partial charge on any atom is -0.314 e. The molecule has 2 unspecified atom stereocenters. The fraction of sp³-hybridized carbons (Fsp3) is 1.00. The Morgan fingerprint density at radius 2 is 1.37 bits per heavy atom. The number of nitrogens with one attached hydrogen (secondary N) is 1. The van der Waals surface area contributed by atoms with Gasteiger partial charge in [0.2, 0.25) is 0 Å². The van der Waals surface area contributed by atoms with Crippen LogP contribution in [-0.2, 0) is 0 Å². The van der Waals surface area contributed by atoms with Crippen LogP contribution in [0.5, 0.6) is 0 Å². The van der Waals surface area contributed by atoms with Crippen LogP contribution in [-0.4, -0.2) is 35.6 Å². The molecule has 2 heterocycles. The fourth-order valence-corrected chi connectivity index (χ4v) is 5.03. The van der Waals surface area contributed by atoms with Crippen molar-refractivity contribution in [2.24, 2.45) is 0 Å². The molecule has 2 heteroatoms. The summed E-state index contributed by atoms with van der Waals surface area (Å²) in [6.45, 7) is 3.40. The van der Waals surface area contributed by atoms with Crippen molar-refractivity contribution in [3.8, 4) is 0 Å². The largest absolute Gasteiger partial charge is 0.314 e. The molecule has 2 atom stereocenters. The van der Waals surface area contributed by atoms with Gasteiger partial charge in [0, 0.05) is 24.2 Å². The van der Waals surface area contributed by atoms with Crippen molar-refractivity contribution in [1.82, 2.24) is 10.2 Å². The average molecular weight is 264 g/mol. The molecule has 3 rings (SSSR count). The first-order chi connectivity index (χ1) is 9.38. The Kier molecular flexibility index (Phi) is 4.81. The normalized spacial score (nSPS) is 38.1. The molecule has 3 aliphatic rings. The van der Waals surface area contributed by atoms with Gasteiger partial charge in [-0.25, -0.2) is 0 Å². The van der Waals surface area contributed by atoms with Gasteiger partial charge in [-0.1, -0.05) is 39.0 Å². The summed E-state index contributed by atoms with van der Waals surface area (Å²) in [7, 11) is 0. The Morgan fingerprint density at radius 1 is 0.789 bits per heavy atom. The standard InChI is InChI=1S/C17H32N2/c1-2-18-14-12-16-10-7-11-17(13-14)19(16)15-8-5-3-4-6-9-15/h14-18H,2-13H2,1H3. The second-order valence-corrected chi connectivity index (χ2v) is 7.06. The maximum absolute atomic E-state index is 3.72. The molecule has 1 N–H and O–H groups in total. The molecule has 0 radical (unpaired) electrons. The van der Waals surface area contributed by atoms with E-state index in [2.05, 4.69) is 17.1 Å². The minimum absolute atomic E-state index is 0.808. The van der Waals surface area contributed by atoms with Gasteiger partial charge in [0.05, 0.1) is 0 Å². The number of piperidine rings is 2. The van der Waals surface area contributed by atoms with Crippen LogP contribution in [0, 0.1) is 0 Å². The molecule has 0 aromatic rings. The first-order valence-electron chi connectivity index (χ1n) is 8.89. The average Bonchev–Trinajstić information content (AvgIpc) is 2.67. The van der Waals surface area contributed by atoms with Crippen molar-refractivity contribution in [1.29, 1.82) is 0 Å². The summed E-state index contributed by atoms with van der Waals surface area (Å²) in [4.78, 5) is 3.00. The van der Waals surface area contributed by atoms with E-state index in [1.165, 1.54) is 70.6 Å². The Balaban J connectivity index is 1.67. The van der Waals surface area contributed by atoms with Gasteiger partial charge in [0.1, 0.15) is 0 Å². The van der Waals surface area contributed by atoms with E-state index in [1.54, 1.807) is 0 Å². The summed E-state index contributed by atoms with van der Waals surface area (Å²) >= 11 is 0. The molecule has 1 saturated carbocycles. The zero-order valence-electron chi connectivity index (χ0n) is 12.7. The highest BCUT2D eigenvalue weighted by Gasteiger charge is 2.41. The van der Waals surface area contributed by atoms with Crippen LogP contribution in [0.2, 0.25) is 0 Å². The van der Waals surface area contributed by atoms with Crippen molar-refractivity contribution >= 4 is 0 Å². The van der Waals surface area contributed by atoms with Crippen LogP contribution >= 0.6 is 0 Å². The fourth-order valence-electron chi connectivity index (χ4n) is 5.03. The van der Waals surface area contributed by atoms with Crippen molar-refractivity contribution in [3.63, 3.8) is 0 Å². The van der Waals surface area contributed by atoms with E-state index in [9.17, 15) is 0 Å². The summed E-state index contributed by atoms with van der Waals surface area (Å²) in [5, 5.41) is 3.72. The number of rotatable bonds is 3. The third kappa shape index (κ3) is 3.16. The number of fused-ring (bicyclic) bond motifs is 2. The van der Waals surface area contributed by atoms with Crippen molar-refractivity contribution in [3.05, 3.63) is 0 Å². The highest BCUT2D eigenvalue weighted by atomic mass is 15.2. The molecule has 3 fully saturated rings. The van der Waals surface area contributed by atoms with E-state index in [0.717, 1.165) is 30.7 Å². The molecule has 19 heavy (non-hydrogen) atoms. The number of nitrogens with zero attached hydrogens (tertiary/aromatic N) is 1. The van der Waals surface area contributed by atoms with Gasteiger partial charge in [-0.15, -0.1) is 0 Å². The van der Waals surface area contributed by atoms with Crippen molar-refractivity contribution in [2.75, 3.05) is 6.54 Å². The summed E-state index contributed by atoms with van der Waals surface area (Å²) in [6.07, 6.45) is 16.2. The first kappa shape index (κ1) is 13.9. The predicted molar refractivity (Wildman–Crippen MR) is 81.5 cm³/mol. The highest BCUT2D eigenvalue weighted by Crippen LogP contribution is 2.38. The maximum atomic E-state index is 3.72. The molecule has 0 aromatic carbocycles. The molecule has 2 saturated heterocycles. The third-order valence-electron chi connectivity index (χ3n) is 5.77. The summed E-state index contributed by atoms with van der Waals surface area (Å²) in [5.41, 5.74) is 0. The Morgan fingerprint density at radius 3 is 1.95 bits per heavy atom. The monoisotopic (exact) mass is 264 g/mol. The zero-order chi connectivity index (χ0) is 13.1. The van der Waals surface area contributed by atoms with Gasteiger partial charge >= 0.3 is 0 Å². The van der Waals surface area contributed by atoms with E-state index < -0.39 is 0 Å². The molecule has 2 aliphatic heterocycles. The van der Waals surface area contributed by atoms with E-state index in [0.29, 0.717) is 0 Å². The lowest BCUT2D eigenvalue weighted by molar-refractivity contribution is -0.0152. The van der Waals surface area contributed by atoms with Crippen LogP contribution in [0.1, 0.15) is 77.6 Å². The van der Waals surface area contributed by atoms with Gasteiger partial charge < -0.3 is 5.32 Å². The first-order valence-corrected chi connectivity index (χ1v) is 8.89. The molecule has 0 aromatic heterocycles. The van der Waals surface area contributed by atoms with E-state index in [4.69, 9.17) is 0 Å². The van der Waals surface area contributed by atoms with Crippen LogP contribution in [0.15, 0.2) is 0 Å². The van der Waals surface area contributed by atoms with Crippen LogP contribution in [0.25, 0.3) is 0 Å². The number of hydrogen-bond acceptors (Lipinski definition) is 2. The van der Waals surface area contributed by atoms with E-state index in [-0.39, 0.29) is 0 Å². The van der Waals surface area contributed by atoms with Crippen LogP contribution < -0.4 is 5.32 Å². The van der Waals surface area contributed by atoms with Gasteiger partial charge in [-0.05, 0) is 45.1 Å². The Bertz CT molecular complexity index is 256. The van der Waals surface area contributed by atoms with Crippen molar-refractivity contribution in [2.45, 2.75) is 102 Å². The topological polar surface area (TPSA) is 15.3 Å². The number of hydrogen-bond donors (Lipinski definition) is 1. The van der Waals surface area contributed by atoms with Crippen molar-refractivity contribution < 1.29 is 0 Å².